The summed E-state index contributed by atoms with van der Waals surface area (Å²) in [5, 5.41) is 15.4. The third-order valence-electron chi connectivity index (χ3n) is 3.95. The Morgan fingerprint density at radius 1 is 1.20 bits per heavy atom. The Morgan fingerprint density at radius 3 is 2.60 bits per heavy atom. The molecule has 0 aliphatic heterocycles. The van der Waals surface area contributed by atoms with E-state index >= 15 is 0 Å². The summed E-state index contributed by atoms with van der Waals surface area (Å²) < 4.78 is 0. The van der Waals surface area contributed by atoms with Gasteiger partial charge in [-0.25, -0.2) is 4.79 Å². The molecule has 3 N–H and O–H groups in total. The summed E-state index contributed by atoms with van der Waals surface area (Å²) in [5.74, 6) is 0.436. The first kappa shape index (κ1) is 17.3. The summed E-state index contributed by atoms with van der Waals surface area (Å²) in [5.41, 5.74) is 0.379. The molecule has 20 heavy (non-hydrogen) atoms. The van der Waals surface area contributed by atoms with E-state index in [0.717, 1.165) is 45.1 Å². The van der Waals surface area contributed by atoms with Crippen molar-refractivity contribution < 1.29 is 9.90 Å². The molecule has 118 valence electrons. The fourth-order valence-electron chi connectivity index (χ4n) is 2.73. The molecule has 1 aliphatic rings. The van der Waals surface area contributed by atoms with Crippen molar-refractivity contribution in [2.75, 3.05) is 13.1 Å². The molecule has 1 saturated carbocycles. The van der Waals surface area contributed by atoms with Crippen molar-refractivity contribution in [1.29, 1.82) is 0 Å². The molecular weight excluding hydrogens is 252 g/mol. The molecule has 2 unspecified atom stereocenters. The van der Waals surface area contributed by atoms with Crippen LogP contribution in [0.3, 0.4) is 0 Å². The van der Waals surface area contributed by atoms with Crippen LogP contribution in [0, 0.1) is 11.3 Å². The second-order valence-corrected chi connectivity index (χ2v) is 7.34. The van der Waals surface area contributed by atoms with E-state index in [-0.39, 0.29) is 12.1 Å². The van der Waals surface area contributed by atoms with Crippen molar-refractivity contribution in [3.05, 3.63) is 0 Å². The highest BCUT2D eigenvalue weighted by atomic mass is 16.3. The van der Waals surface area contributed by atoms with E-state index in [0.29, 0.717) is 17.9 Å². The van der Waals surface area contributed by atoms with Crippen molar-refractivity contribution in [2.24, 2.45) is 11.3 Å². The minimum absolute atomic E-state index is 0.0687. The molecule has 1 rings (SSSR count). The molecule has 0 saturated heterocycles. The number of aliphatic hydroxyl groups excluding tert-OH is 1. The molecule has 0 heterocycles. The number of urea groups is 1. The van der Waals surface area contributed by atoms with Crippen LogP contribution in [-0.2, 0) is 0 Å². The lowest BCUT2D eigenvalue weighted by Gasteiger charge is -2.25. The van der Waals surface area contributed by atoms with E-state index in [9.17, 15) is 9.90 Å². The van der Waals surface area contributed by atoms with Crippen LogP contribution in [0.25, 0.3) is 0 Å². The predicted molar refractivity (Wildman–Crippen MR) is 82.7 cm³/mol. The smallest absolute Gasteiger partial charge is 0.314 e. The van der Waals surface area contributed by atoms with Crippen LogP contribution in [0.2, 0.25) is 0 Å². The molecule has 1 fully saturated rings. The number of carbonyl (C=O) groups is 1. The molecule has 2 atom stereocenters. The second-order valence-electron chi connectivity index (χ2n) is 7.34. The van der Waals surface area contributed by atoms with Gasteiger partial charge in [-0.05, 0) is 43.4 Å². The first-order valence-corrected chi connectivity index (χ1v) is 8.06. The lowest BCUT2D eigenvalue weighted by atomic mass is 9.87. The van der Waals surface area contributed by atoms with Crippen LogP contribution in [0.4, 0.5) is 4.79 Å². The normalized spacial score (nSPS) is 23.4. The third-order valence-corrected chi connectivity index (χ3v) is 3.95. The number of amides is 2. The summed E-state index contributed by atoms with van der Waals surface area (Å²) in [6.07, 6.45) is 7.13. The van der Waals surface area contributed by atoms with Gasteiger partial charge in [0.25, 0.3) is 0 Å². The Morgan fingerprint density at radius 2 is 1.95 bits per heavy atom. The first-order chi connectivity index (χ1) is 9.37. The fourth-order valence-corrected chi connectivity index (χ4v) is 2.73. The maximum Gasteiger partial charge on any atom is 0.314 e. The highest BCUT2D eigenvalue weighted by Crippen LogP contribution is 2.23. The van der Waals surface area contributed by atoms with Crippen LogP contribution in [0.15, 0.2) is 0 Å². The van der Waals surface area contributed by atoms with Crippen LogP contribution in [0.1, 0.15) is 65.7 Å². The highest BCUT2D eigenvalue weighted by Gasteiger charge is 2.20. The summed E-state index contributed by atoms with van der Waals surface area (Å²) in [4.78, 5) is 11.6. The SMILES string of the molecule is CC(C)(C)CCCCNC(=O)NCC1CCCC(O)C1. The Bertz CT molecular complexity index is 287. The Labute approximate surface area is 123 Å². The first-order valence-electron chi connectivity index (χ1n) is 8.06. The zero-order valence-electron chi connectivity index (χ0n) is 13.4. The van der Waals surface area contributed by atoms with Gasteiger partial charge in [-0.2, -0.15) is 0 Å². The van der Waals surface area contributed by atoms with Gasteiger partial charge in [0.1, 0.15) is 0 Å². The van der Waals surface area contributed by atoms with E-state index < -0.39 is 0 Å². The number of aliphatic hydroxyl groups is 1. The monoisotopic (exact) mass is 284 g/mol. The number of hydrogen-bond donors (Lipinski definition) is 3. The van der Waals surface area contributed by atoms with Gasteiger partial charge in [-0.1, -0.05) is 33.6 Å². The van der Waals surface area contributed by atoms with Crippen molar-refractivity contribution >= 4 is 6.03 Å². The van der Waals surface area contributed by atoms with Gasteiger partial charge in [0.05, 0.1) is 6.10 Å². The van der Waals surface area contributed by atoms with Gasteiger partial charge in [-0.15, -0.1) is 0 Å². The Balaban J connectivity index is 2.00. The van der Waals surface area contributed by atoms with Crippen molar-refractivity contribution in [3.8, 4) is 0 Å². The largest absolute Gasteiger partial charge is 0.393 e. The maximum absolute atomic E-state index is 11.6. The van der Waals surface area contributed by atoms with E-state index in [4.69, 9.17) is 0 Å². The lowest BCUT2D eigenvalue weighted by Crippen LogP contribution is -2.40. The molecule has 0 aromatic carbocycles. The van der Waals surface area contributed by atoms with E-state index in [1.54, 1.807) is 0 Å². The van der Waals surface area contributed by atoms with Gasteiger partial charge in [0.2, 0.25) is 0 Å². The summed E-state index contributed by atoms with van der Waals surface area (Å²) >= 11 is 0. The van der Waals surface area contributed by atoms with Crippen molar-refractivity contribution in [2.45, 2.75) is 71.8 Å². The van der Waals surface area contributed by atoms with Crippen LogP contribution in [-0.4, -0.2) is 30.3 Å². The standard InChI is InChI=1S/C16H32N2O2/c1-16(2,3)9-4-5-10-17-15(20)18-12-13-7-6-8-14(19)11-13/h13-14,19H,4-12H2,1-3H3,(H2,17,18,20). The topological polar surface area (TPSA) is 61.4 Å². The summed E-state index contributed by atoms with van der Waals surface area (Å²) in [6, 6.07) is -0.0687. The van der Waals surface area contributed by atoms with Gasteiger partial charge in [-0.3, -0.25) is 0 Å². The minimum Gasteiger partial charge on any atom is -0.393 e. The molecule has 4 heteroatoms. The van der Waals surface area contributed by atoms with E-state index in [1.165, 1.54) is 6.42 Å². The van der Waals surface area contributed by atoms with Gasteiger partial charge < -0.3 is 15.7 Å². The number of nitrogens with one attached hydrogen (secondary N) is 2. The minimum atomic E-state index is -0.170. The van der Waals surface area contributed by atoms with Gasteiger partial charge >= 0.3 is 6.03 Å². The van der Waals surface area contributed by atoms with Crippen molar-refractivity contribution in [3.63, 3.8) is 0 Å². The molecule has 1 aliphatic carbocycles. The summed E-state index contributed by atoms with van der Waals surface area (Å²) in [6.45, 7) is 8.16. The number of unbranched alkanes of at least 4 members (excludes halogenated alkanes) is 1. The molecule has 0 radical (unpaired) electrons. The Kier molecular flexibility index (Phi) is 7.35. The fraction of sp³-hybridized carbons (Fsp3) is 0.938. The molecule has 2 amide bonds. The zero-order valence-corrected chi connectivity index (χ0v) is 13.4. The second kappa shape index (κ2) is 8.50. The quantitative estimate of drug-likeness (QED) is 0.656. The lowest BCUT2D eigenvalue weighted by molar-refractivity contribution is 0.101. The molecule has 4 nitrogen and oxygen atoms in total. The molecule has 0 spiro atoms. The number of carbonyl (C=O) groups excluding carboxylic acids is 1. The number of rotatable bonds is 6. The molecule has 0 aromatic heterocycles. The average Bonchev–Trinajstić information content (AvgIpc) is 2.35. The van der Waals surface area contributed by atoms with E-state index in [1.807, 2.05) is 0 Å². The molecule has 0 bridgehead atoms. The molecule has 0 aromatic rings. The van der Waals surface area contributed by atoms with Crippen molar-refractivity contribution in [1.82, 2.24) is 10.6 Å². The zero-order chi connectivity index (χ0) is 15.0. The van der Waals surface area contributed by atoms with Crippen LogP contribution >= 0.6 is 0 Å². The predicted octanol–water partition coefficient (Wildman–Crippen LogP) is 3.05. The van der Waals surface area contributed by atoms with Gasteiger partial charge in [0, 0.05) is 13.1 Å². The van der Waals surface area contributed by atoms with E-state index in [2.05, 4.69) is 31.4 Å². The maximum atomic E-state index is 11.6. The number of hydrogen-bond acceptors (Lipinski definition) is 2. The molecular formula is C16H32N2O2. The average molecular weight is 284 g/mol. The third kappa shape index (κ3) is 8.41. The summed E-state index contributed by atoms with van der Waals surface area (Å²) in [7, 11) is 0. The van der Waals surface area contributed by atoms with Gasteiger partial charge in [0.15, 0.2) is 0 Å². The van der Waals surface area contributed by atoms with Crippen LogP contribution in [0.5, 0.6) is 0 Å². The van der Waals surface area contributed by atoms with Crippen LogP contribution < -0.4 is 10.6 Å². The Hall–Kier alpha value is -0.770. The highest BCUT2D eigenvalue weighted by molar-refractivity contribution is 5.73.